The third kappa shape index (κ3) is 7.47. The highest BCUT2D eigenvalue weighted by atomic mass is 35.5. The number of hydrogen-bond donors (Lipinski definition) is 3. The van der Waals surface area contributed by atoms with E-state index in [1.807, 2.05) is 24.3 Å². The molecule has 0 aliphatic rings. The molecule has 9 heteroatoms. The molecule has 3 N–H and O–H groups in total. The van der Waals surface area contributed by atoms with E-state index in [-0.39, 0.29) is 24.7 Å². The molecule has 0 heterocycles. The number of carbonyl (C=O) groups is 1. The van der Waals surface area contributed by atoms with Crippen LogP contribution in [0, 0.1) is 0 Å². The number of amides is 1. The Morgan fingerprint density at radius 2 is 1.55 bits per heavy atom. The monoisotopic (exact) mass is 506 g/mol. The zero-order valence-corrected chi connectivity index (χ0v) is 20.1. The van der Waals surface area contributed by atoms with Crippen molar-refractivity contribution in [3.8, 4) is 0 Å². The smallest absolute Gasteiger partial charge is 0.251 e. The van der Waals surface area contributed by atoms with Gasteiger partial charge in [0.25, 0.3) is 5.91 Å². The van der Waals surface area contributed by atoms with E-state index in [1.165, 1.54) is 0 Å². The minimum Gasteiger partial charge on any atom is -0.396 e. The summed E-state index contributed by atoms with van der Waals surface area (Å²) in [6, 6.07) is 19.0. The third-order valence-corrected chi connectivity index (χ3v) is 7.11. The molecule has 3 aromatic carbocycles. The maximum atomic E-state index is 12.4. The third-order valence-electron chi connectivity index (χ3n) is 4.97. The zero-order valence-electron chi connectivity index (χ0n) is 17.7. The molecule has 6 nitrogen and oxygen atoms in total. The Kier molecular flexibility index (Phi) is 8.74. The maximum absolute atomic E-state index is 12.4. The van der Waals surface area contributed by atoms with E-state index in [4.69, 9.17) is 28.3 Å². The fourth-order valence-electron chi connectivity index (χ4n) is 3.14. The van der Waals surface area contributed by atoms with Crippen molar-refractivity contribution in [2.45, 2.75) is 19.4 Å². The molecule has 3 aromatic rings. The highest BCUT2D eigenvalue weighted by molar-refractivity contribution is 7.92. The average Bonchev–Trinajstić information content (AvgIpc) is 2.80. The standard InChI is InChI=1S/C24H24Cl2N2O4S/c25-22-3-1-2-19(23(22)26)13-15-33(31,32)28-21-10-8-20(9-11-21)24(30)27-16-18-6-4-17(5-7-18)12-14-29/h1-11,28-29H,12-16H2,(H,27,30). The Hall–Kier alpha value is -2.58. The van der Waals surface area contributed by atoms with Crippen LogP contribution in [0.3, 0.4) is 0 Å². The van der Waals surface area contributed by atoms with Crippen molar-refractivity contribution >= 4 is 44.8 Å². The summed E-state index contributed by atoms with van der Waals surface area (Å²) in [5, 5.41) is 12.5. The summed E-state index contributed by atoms with van der Waals surface area (Å²) in [6.07, 6.45) is 0.813. The van der Waals surface area contributed by atoms with Gasteiger partial charge in [-0.25, -0.2) is 8.42 Å². The molecule has 33 heavy (non-hydrogen) atoms. The minimum absolute atomic E-state index is 0.0957. The van der Waals surface area contributed by atoms with Crippen LogP contribution >= 0.6 is 23.2 Å². The Morgan fingerprint density at radius 3 is 2.21 bits per heavy atom. The molecule has 0 aliphatic carbocycles. The van der Waals surface area contributed by atoms with Crippen LogP contribution in [0.4, 0.5) is 5.69 Å². The number of hydrogen-bond acceptors (Lipinski definition) is 4. The van der Waals surface area contributed by atoms with Gasteiger partial charge in [0, 0.05) is 24.4 Å². The first-order valence-corrected chi connectivity index (χ1v) is 12.7. The molecule has 0 saturated heterocycles. The molecule has 0 saturated carbocycles. The van der Waals surface area contributed by atoms with Gasteiger partial charge < -0.3 is 10.4 Å². The first-order chi connectivity index (χ1) is 15.8. The van der Waals surface area contributed by atoms with Gasteiger partial charge in [-0.3, -0.25) is 9.52 Å². The van der Waals surface area contributed by atoms with Gasteiger partial charge in [0.2, 0.25) is 10.0 Å². The lowest BCUT2D eigenvalue weighted by Gasteiger charge is -2.10. The zero-order chi connectivity index (χ0) is 23.8. The maximum Gasteiger partial charge on any atom is 0.251 e. The number of benzene rings is 3. The van der Waals surface area contributed by atoms with Crippen LogP contribution in [0.2, 0.25) is 10.0 Å². The molecule has 0 atom stereocenters. The molecule has 0 bridgehead atoms. The van der Waals surface area contributed by atoms with Gasteiger partial charge in [0.15, 0.2) is 0 Å². The Morgan fingerprint density at radius 1 is 0.879 bits per heavy atom. The van der Waals surface area contributed by atoms with Gasteiger partial charge in [-0.1, -0.05) is 59.6 Å². The predicted molar refractivity (Wildman–Crippen MR) is 132 cm³/mol. The fourth-order valence-corrected chi connectivity index (χ4v) is 4.64. The van der Waals surface area contributed by atoms with Crippen molar-refractivity contribution in [3.63, 3.8) is 0 Å². The van der Waals surface area contributed by atoms with Crippen LogP contribution in [0.15, 0.2) is 66.7 Å². The molecule has 0 spiro atoms. The molecule has 0 unspecified atom stereocenters. The molecule has 0 aromatic heterocycles. The van der Waals surface area contributed by atoms with Crippen LogP contribution < -0.4 is 10.0 Å². The predicted octanol–water partition coefficient (Wildman–Crippen LogP) is 4.44. The summed E-state index contributed by atoms with van der Waals surface area (Å²) in [6.45, 7) is 0.456. The summed E-state index contributed by atoms with van der Waals surface area (Å²) >= 11 is 12.1. The van der Waals surface area contributed by atoms with Crippen LogP contribution in [-0.2, 0) is 29.4 Å². The molecule has 0 fully saturated rings. The summed E-state index contributed by atoms with van der Waals surface area (Å²) in [4.78, 5) is 12.4. The first-order valence-electron chi connectivity index (χ1n) is 10.3. The topological polar surface area (TPSA) is 95.5 Å². The number of anilines is 1. The molecule has 1 amide bonds. The lowest BCUT2D eigenvalue weighted by Crippen LogP contribution is -2.23. The molecule has 174 valence electrons. The molecular weight excluding hydrogens is 483 g/mol. The van der Waals surface area contributed by atoms with E-state index >= 15 is 0 Å². The summed E-state index contributed by atoms with van der Waals surface area (Å²) in [5.74, 6) is -0.425. The van der Waals surface area contributed by atoms with Crippen molar-refractivity contribution in [2.75, 3.05) is 17.1 Å². The van der Waals surface area contributed by atoms with E-state index < -0.39 is 10.0 Å². The normalized spacial score (nSPS) is 11.2. The SMILES string of the molecule is O=C(NCc1ccc(CCO)cc1)c1ccc(NS(=O)(=O)CCc2cccc(Cl)c2Cl)cc1. The number of carbonyl (C=O) groups excluding carboxylic acids is 1. The first kappa shape index (κ1) is 25.1. The van der Waals surface area contributed by atoms with Crippen molar-refractivity contribution in [1.29, 1.82) is 0 Å². The Bertz CT molecular complexity index is 1200. The van der Waals surface area contributed by atoms with Crippen LogP contribution in [0.1, 0.15) is 27.0 Å². The van der Waals surface area contributed by atoms with Crippen molar-refractivity contribution in [3.05, 3.63) is 99.0 Å². The quantitative estimate of drug-likeness (QED) is 0.378. The van der Waals surface area contributed by atoms with E-state index in [2.05, 4.69) is 10.0 Å². The van der Waals surface area contributed by atoms with E-state index in [0.29, 0.717) is 39.8 Å². The second kappa shape index (κ2) is 11.5. The molecule has 0 radical (unpaired) electrons. The van der Waals surface area contributed by atoms with E-state index in [9.17, 15) is 13.2 Å². The number of sulfonamides is 1. The van der Waals surface area contributed by atoms with Gasteiger partial charge in [-0.2, -0.15) is 0 Å². The van der Waals surface area contributed by atoms with Gasteiger partial charge in [0.1, 0.15) is 0 Å². The van der Waals surface area contributed by atoms with Crippen LogP contribution in [0.25, 0.3) is 0 Å². The number of rotatable bonds is 10. The highest BCUT2D eigenvalue weighted by Crippen LogP contribution is 2.26. The van der Waals surface area contributed by atoms with Gasteiger partial charge in [-0.05, 0) is 59.9 Å². The number of aliphatic hydroxyl groups excluding tert-OH is 1. The Balaban J connectivity index is 1.53. The van der Waals surface area contributed by atoms with Crippen LogP contribution in [-0.4, -0.2) is 31.8 Å². The molecule has 3 rings (SSSR count). The second-order valence-corrected chi connectivity index (χ2v) is 10.1. The fraction of sp³-hybridized carbons (Fsp3) is 0.208. The lowest BCUT2D eigenvalue weighted by molar-refractivity contribution is 0.0951. The van der Waals surface area contributed by atoms with Crippen molar-refractivity contribution in [2.24, 2.45) is 0 Å². The van der Waals surface area contributed by atoms with Crippen molar-refractivity contribution < 1.29 is 18.3 Å². The molecule has 0 aliphatic heterocycles. The molecular formula is C24H24Cl2N2O4S. The largest absolute Gasteiger partial charge is 0.396 e. The highest BCUT2D eigenvalue weighted by Gasteiger charge is 2.14. The number of halogens is 2. The van der Waals surface area contributed by atoms with Gasteiger partial charge >= 0.3 is 0 Å². The lowest BCUT2D eigenvalue weighted by atomic mass is 10.1. The van der Waals surface area contributed by atoms with Crippen LogP contribution in [0.5, 0.6) is 0 Å². The number of nitrogens with one attached hydrogen (secondary N) is 2. The van der Waals surface area contributed by atoms with E-state index in [1.54, 1.807) is 42.5 Å². The summed E-state index contributed by atoms with van der Waals surface area (Å²) in [7, 11) is -3.62. The number of aryl methyl sites for hydroxylation is 1. The second-order valence-electron chi connectivity index (χ2n) is 7.43. The average molecular weight is 507 g/mol. The van der Waals surface area contributed by atoms with Gasteiger partial charge in [-0.15, -0.1) is 0 Å². The Labute approximate surface area is 203 Å². The minimum atomic E-state index is -3.62. The van der Waals surface area contributed by atoms with Gasteiger partial charge in [0.05, 0.1) is 15.8 Å². The number of aliphatic hydroxyl groups is 1. The summed E-state index contributed by atoms with van der Waals surface area (Å²) < 4.78 is 27.4. The summed E-state index contributed by atoms with van der Waals surface area (Å²) in [5.41, 5.74) is 3.41. The van der Waals surface area contributed by atoms with Crippen molar-refractivity contribution in [1.82, 2.24) is 5.32 Å². The van der Waals surface area contributed by atoms with E-state index in [0.717, 1.165) is 11.1 Å².